The largest absolute Gasteiger partial charge is 0.467 e. The van der Waals surface area contributed by atoms with Crippen molar-refractivity contribution in [3.05, 3.63) is 70.7 Å². The molecule has 0 bridgehead atoms. The van der Waals surface area contributed by atoms with Gasteiger partial charge in [0.1, 0.15) is 6.04 Å². The molecule has 0 aliphatic carbocycles. The minimum Gasteiger partial charge on any atom is -0.467 e. The molecule has 2 N–H and O–H groups in total. The molecular weight excluding hydrogens is 340 g/mol. The maximum absolute atomic E-state index is 12.1. The normalized spacial score (nSPS) is 11.4. The molecule has 0 aliphatic heterocycles. The molecule has 5 nitrogen and oxygen atoms in total. The molecule has 132 valence electrons. The van der Waals surface area contributed by atoms with Crippen LogP contribution in [0.4, 0.5) is 4.79 Å². The van der Waals surface area contributed by atoms with Gasteiger partial charge < -0.3 is 15.4 Å². The van der Waals surface area contributed by atoms with E-state index in [0.717, 1.165) is 11.1 Å². The van der Waals surface area contributed by atoms with Gasteiger partial charge in [-0.05, 0) is 29.7 Å². The van der Waals surface area contributed by atoms with Crippen molar-refractivity contribution in [1.29, 1.82) is 0 Å². The zero-order chi connectivity index (χ0) is 18.1. The van der Waals surface area contributed by atoms with E-state index in [1.54, 1.807) is 0 Å². The summed E-state index contributed by atoms with van der Waals surface area (Å²) in [6.07, 6.45) is 1.05. The highest BCUT2D eigenvalue weighted by atomic mass is 35.5. The molecule has 0 spiro atoms. The van der Waals surface area contributed by atoms with Crippen molar-refractivity contribution in [2.75, 3.05) is 13.7 Å². The Morgan fingerprint density at radius 1 is 1.04 bits per heavy atom. The number of benzene rings is 2. The van der Waals surface area contributed by atoms with E-state index in [1.165, 1.54) is 7.11 Å². The van der Waals surface area contributed by atoms with E-state index < -0.39 is 18.0 Å². The van der Waals surface area contributed by atoms with Crippen molar-refractivity contribution in [2.24, 2.45) is 0 Å². The molecular formula is C19H21ClN2O3. The summed E-state index contributed by atoms with van der Waals surface area (Å²) in [6, 6.07) is 15.8. The average Bonchev–Trinajstić information content (AvgIpc) is 2.63. The third-order valence-corrected chi connectivity index (χ3v) is 3.94. The second-order valence-electron chi connectivity index (χ2n) is 5.54. The van der Waals surface area contributed by atoms with E-state index in [2.05, 4.69) is 10.6 Å². The van der Waals surface area contributed by atoms with Crippen LogP contribution in [0.15, 0.2) is 54.6 Å². The first-order valence-corrected chi connectivity index (χ1v) is 8.37. The molecule has 2 rings (SSSR count). The first-order chi connectivity index (χ1) is 12.1. The number of methoxy groups -OCH3 is 1. The van der Waals surface area contributed by atoms with Gasteiger partial charge in [0.25, 0.3) is 0 Å². The summed E-state index contributed by atoms with van der Waals surface area (Å²) in [5.74, 6) is -0.475. The van der Waals surface area contributed by atoms with Crippen LogP contribution in [0.1, 0.15) is 11.1 Å². The summed E-state index contributed by atoms with van der Waals surface area (Å²) in [5, 5.41) is 6.09. The van der Waals surface area contributed by atoms with Gasteiger partial charge in [-0.25, -0.2) is 9.59 Å². The molecule has 0 unspecified atom stereocenters. The van der Waals surface area contributed by atoms with E-state index in [-0.39, 0.29) is 0 Å². The number of urea groups is 1. The summed E-state index contributed by atoms with van der Waals surface area (Å²) in [7, 11) is 1.31. The van der Waals surface area contributed by atoms with Gasteiger partial charge >= 0.3 is 12.0 Å². The van der Waals surface area contributed by atoms with Crippen LogP contribution in [0, 0.1) is 0 Å². The van der Waals surface area contributed by atoms with Crippen molar-refractivity contribution >= 4 is 23.6 Å². The van der Waals surface area contributed by atoms with E-state index in [4.69, 9.17) is 16.3 Å². The number of rotatable bonds is 7. The number of carbonyl (C=O) groups excluding carboxylic acids is 2. The second kappa shape index (κ2) is 9.69. The molecule has 0 aromatic heterocycles. The monoisotopic (exact) mass is 360 g/mol. The standard InChI is InChI=1S/C19H21ClN2O3/c1-25-18(23)17(13-15-5-3-2-4-6-15)22-19(24)21-12-11-14-7-9-16(20)10-8-14/h2-10,17H,11-13H2,1H3,(H2,21,22,24)/t17-/m1/s1. The lowest BCUT2D eigenvalue weighted by Crippen LogP contribution is -2.48. The summed E-state index contributed by atoms with van der Waals surface area (Å²) in [5.41, 5.74) is 2.01. The Bertz CT molecular complexity index is 690. The number of ether oxygens (including phenoxy) is 1. The van der Waals surface area contributed by atoms with Crippen molar-refractivity contribution in [1.82, 2.24) is 10.6 Å². The first-order valence-electron chi connectivity index (χ1n) is 7.99. The fraction of sp³-hybridized carbons (Fsp3) is 0.263. The Kier molecular flexibility index (Phi) is 7.29. The van der Waals surface area contributed by atoms with Crippen molar-refractivity contribution < 1.29 is 14.3 Å². The van der Waals surface area contributed by atoms with E-state index in [9.17, 15) is 9.59 Å². The van der Waals surface area contributed by atoms with E-state index in [0.29, 0.717) is 24.4 Å². The maximum Gasteiger partial charge on any atom is 0.328 e. The van der Waals surface area contributed by atoms with Crippen molar-refractivity contribution in [3.8, 4) is 0 Å². The molecule has 1 atom stereocenters. The third kappa shape index (κ3) is 6.47. The molecule has 0 radical (unpaired) electrons. The molecule has 2 amide bonds. The second-order valence-corrected chi connectivity index (χ2v) is 5.98. The highest BCUT2D eigenvalue weighted by Gasteiger charge is 2.21. The Morgan fingerprint density at radius 2 is 1.72 bits per heavy atom. The number of esters is 1. The zero-order valence-corrected chi connectivity index (χ0v) is 14.8. The topological polar surface area (TPSA) is 67.4 Å². The zero-order valence-electron chi connectivity index (χ0n) is 14.0. The Morgan fingerprint density at radius 3 is 2.36 bits per heavy atom. The quantitative estimate of drug-likeness (QED) is 0.746. The number of amides is 2. The minimum absolute atomic E-state index is 0.373. The van der Waals surface area contributed by atoms with Crippen LogP contribution in [-0.2, 0) is 22.4 Å². The fourth-order valence-corrected chi connectivity index (χ4v) is 2.49. The van der Waals surface area contributed by atoms with Crippen molar-refractivity contribution in [2.45, 2.75) is 18.9 Å². The molecule has 25 heavy (non-hydrogen) atoms. The van der Waals surface area contributed by atoms with Crippen LogP contribution in [-0.4, -0.2) is 31.7 Å². The lowest BCUT2D eigenvalue weighted by Gasteiger charge is -2.17. The summed E-state index contributed by atoms with van der Waals surface area (Å²) in [6.45, 7) is 0.451. The Hall–Kier alpha value is -2.53. The Labute approximate surface area is 152 Å². The summed E-state index contributed by atoms with van der Waals surface area (Å²) >= 11 is 5.84. The number of hydrogen-bond donors (Lipinski definition) is 2. The molecule has 0 saturated carbocycles. The van der Waals surface area contributed by atoms with E-state index >= 15 is 0 Å². The number of nitrogens with one attached hydrogen (secondary N) is 2. The van der Waals surface area contributed by atoms with Gasteiger partial charge in [-0.2, -0.15) is 0 Å². The SMILES string of the molecule is COC(=O)[C@@H](Cc1ccccc1)NC(=O)NCCc1ccc(Cl)cc1. The van der Waals surface area contributed by atoms with Gasteiger partial charge in [0.15, 0.2) is 0 Å². The average molecular weight is 361 g/mol. The summed E-state index contributed by atoms with van der Waals surface area (Å²) in [4.78, 5) is 24.0. The first kappa shape index (κ1) is 18.8. The predicted octanol–water partition coefficient (Wildman–Crippen LogP) is 2.97. The number of hydrogen-bond acceptors (Lipinski definition) is 3. The maximum atomic E-state index is 12.1. The molecule has 0 aliphatic rings. The van der Waals surface area contributed by atoms with Crippen LogP contribution in [0.25, 0.3) is 0 Å². The van der Waals surface area contributed by atoms with Crippen LogP contribution in [0.3, 0.4) is 0 Å². The van der Waals surface area contributed by atoms with Crippen LogP contribution in [0.2, 0.25) is 5.02 Å². The highest BCUT2D eigenvalue weighted by Crippen LogP contribution is 2.09. The van der Waals surface area contributed by atoms with Crippen LogP contribution in [0.5, 0.6) is 0 Å². The molecule has 0 heterocycles. The molecule has 0 fully saturated rings. The third-order valence-electron chi connectivity index (χ3n) is 3.69. The molecule has 0 saturated heterocycles. The lowest BCUT2D eigenvalue weighted by molar-refractivity contribution is -0.142. The van der Waals surface area contributed by atoms with Gasteiger partial charge in [-0.1, -0.05) is 54.1 Å². The fourth-order valence-electron chi connectivity index (χ4n) is 2.37. The van der Waals surface area contributed by atoms with Gasteiger partial charge in [0.05, 0.1) is 7.11 Å². The predicted molar refractivity (Wildman–Crippen MR) is 97.6 cm³/mol. The molecule has 6 heteroatoms. The smallest absolute Gasteiger partial charge is 0.328 e. The summed E-state index contributed by atoms with van der Waals surface area (Å²) < 4.78 is 4.78. The van der Waals surface area contributed by atoms with Gasteiger partial charge in [-0.15, -0.1) is 0 Å². The lowest BCUT2D eigenvalue weighted by atomic mass is 10.1. The van der Waals surface area contributed by atoms with E-state index in [1.807, 2.05) is 54.6 Å². The van der Waals surface area contributed by atoms with Crippen molar-refractivity contribution in [3.63, 3.8) is 0 Å². The van der Waals surface area contributed by atoms with Crippen LogP contribution >= 0.6 is 11.6 Å². The highest BCUT2D eigenvalue weighted by molar-refractivity contribution is 6.30. The van der Waals surface area contributed by atoms with Gasteiger partial charge in [0, 0.05) is 18.0 Å². The van der Waals surface area contributed by atoms with Gasteiger partial charge in [0.2, 0.25) is 0 Å². The minimum atomic E-state index is -0.733. The molecule has 2 aromatic carbocycles. The number of halogens is 1. The molecule has 2 aromatic rings. The Balaban J connectivity index is 1.84. The number of carbonyl (C=O) groups is 2. The van der Waals surface area contributed by atoms with Gasteiger partial charge in [-0.3, -0.25) is 0 Å². The van der Waals surface area contributed by atoms with Crippen LogP contribution < -0.4 is 10.6 Å².